The van der Waals surface area contributed by atoms with Gasteiger partial charge in [0.2, 0.25) is 0 Å². The van der Waals surface area contributed by atoms with Gasteiger partial charge in [-0.1, -0.05) is 36.4 Å². The van der Waals surface area contributed by atoms with Crippen LogP contribution in [0.1, 0.15) is 27.2 Å². The summed E-state index contributed by atoms with van der Waals surface area (Å²) in [5.74, 6) is -1.48. The van der Waals surface area contributed by atoms with Crippen LogP contribution in [-0.2, 0) is 11.3 Å². The highest BCUT2D eigenvalue weighted by Gasteiger charge is 2.31. The van der Waals surface area contributed by atoms with Crippen LogP contribution in [0.15, 0.2) is 82.7 Å². The number of para-hydroxylation sites is 1. The van der Waals surface area contributed by atoms with Crippen molar-refractivity contribution >= 4 is 51.5 Å². The van der Waals surface area contributed by atoms with Crippen molar-refractivity contribution in [3.05, 3.63) is 106 Å². The summed E-state index contributed by atoms with van der Waals surface area (Å²) < 4.78 is 15.6. The molecular formula is C28H22FN3O3S. The third kappa shape index (κ3) is 4.43. The lowest BCUT2D eigenvalue weighted by molar-refractivity contribution is -0.121. The molecule has 0 atom stereocenters. The molecule has 0 saturated carbocycles. The number of aromatic nitrogens is 1. The van der Waals surface area contributed by atoms with Gasteiger partial charge in [-0.05, 0) is 66.7 Å². The van der Waals surface area contributed by atoms with Crippen LogP contribution in [-0.4, -0.2) is 38.7 Å². The van der Waals surface area contributed by atoms with E-state index in [2.05, 4.69) is 9.56 Å². The van der Waals surface area contributed by atoms with Crippen molar-refractivity contribution in [3.63, 3.8) is 0 Å². The standard InChI is InChI=1S/C28H22FN3O3S/c1-17-23(22-8-3-4-9-24(22)32(17)16-18-10-12-20(29)13-11-18)15-25-26(33)31(2)28(36-25)30-21-7-5-6-19(14-21)27(34)35/h3-15H,16H2,1-2H3,(H,34,35)/b25-15+,30-28?. The highest BCUT2D eigenvalue weighted by molar-refractivity contribution is 8.18. The van der Waals surface area contributed by atoms with Gasteiger partial charge in [-0.3, -0.25) is 9.69 Å². The van der Waals surface area contributed by atoms with Crippen LogP contribution in [0.2, 0.25) is 0 Å². The maximum atomic E-state index is 13.4. The predicted molar refractivity (Wildman–Crippen MR) is 141 cm³/mol. The Balaban J connectivity index is 1.53. The third-order valence-corrected chi connectivity index (χ3v) is 7.19. The summed E-state index contributed by atoms with van der Waals surface area (Å²) in [5, 5.41) is 10.7. The number of thioether (sulfide) groups is 1. The summed E-state index contributed by atoms with van der Waals surface area (Å²) in [6.45, 7) is 2.58. The zero-order chi connectivity index (χ0) is 25.4. The molecule has 6 nitrogen and oxygen atoms in total. The first-order valence-corrected chi connectivity index (χ1v) is 12.1. The predicted octanol–water partition coefficient (Wildman–Crippen LogP) is 6.07. The molecule has 1 fully saturated rings. The lowest BCUT2D eigenvalue weighted by Gasteiger charge is -2.09. The van der Waals surface area contributed by atoms with Gasteiger partial charge in [0.1, 0.15) is 5.82 Å². The van der Waals surface area contributed by atoms with Crippen LogP contribution in [0.25, 0.3) is 17.0 Å². The molecule has 8 heteroatoms. The number of fused-ring (bicyclic) bond motifs is 1. The van der Waals surface area contributed by atoms with E-state index in [1.165, 1.54) is 40.9 Å². The second kappa shape index (κ2) is 9.47. The fourth-order valence-electron chi connectivity index (χ4n) is 4.22. The Morgan fingerprint density at radius 1 is 1.08 bits per heavy atom. The van der Waals surface area contributed by atoms with Gasteiger partial charge in [0.15, 0.2) is 5.17 Å². The Labute approximate surface area is 211 Å². The summed E-state index contributed by atoms with van der Waals surface area (Å²) >= 11 is 1.25. The number of carboxylic acids is 1. The van der Waals surface area contributed by atoms with Gasteiger partial charge in [-0.15, -0.1) is 0 Å². The zero-order valence-corrected chi connectivity index (χ0v) is 20.4. The van der Waals surface area contributed by atoms with Gasteiger partial charge in [0.25, 0.3) is 5.91 Å². The Bertz CT molecular complexity index is 1570. The second-order valence-electron chi connectivity index (χ2n) is 8.45. The van der Waals surface area contributed by atoms with Crippen molar-refractivity contribution < 1.29 is 19.1 Å². The molecule has 0 bridgehead atoms. The molecule has 36 heavy (non-hydrogen) atoms. The minimum Gasteiger partial charge on any atom is -0.478 e. The molecule has 1 N–H and O–H groups in total. The van der Waals surface area contributed by atoms with Gasteiger partial charge in [0.05, 0.1) is 16.2 Å². The number of nitrogens with zero attached hydrogens (tertiary/aromatic N) is 3. The van der Waals surface area contributed by atoms with Crippen molar-refractivity contribution in [1.29, 1.82) is 0 Å². The minimum absolute atomic E-state index is 0.134. The van der Waals surface area contributed by atoms with Gasteiger partial charge in [-0.25, -0.2) is 14.2 Å². The summed E-state index contributed by atoms with van der Waals surface area (Å²) in [5.41, 5.74) is 4.52. The van der Waals surface area contributed by atoms with E-state index in [9.17, 15) is 19.1 Å². The molecule has 5 rings (SSSR count). The molecule has 2 heterocycles. The van der Waals surface area contributed by atoms with Crippen LogP contribution in [0.3, 0.4) is 0 Å². The van der Waals surface area contributed by atoms with Gasteiger partial charge < -0.3 is 9.67 Å². The Kier molecular flexibility index (Phi) is 6.20. The molecule has 180 valence electrons. The number of amidine groups is 1. The largest absolute Gasteiger partial charge is 0.478 e. The number of benzene rings is 3. The fourth-order valence-corrected chi connectivity index (χ4v) is 5.19. The van der Waals surface area contributed by atoms with Crippen LogP contribution < -0.4 is 0 Å². The number of carbonyl (C=O) groups is 2. The Hall–Kier alpha value is -4.17. The number of hydrogen-bond acceptors (Lipinski definition) is 4. The number of aromatic carboxylic acids is 1. The van der Waals surface area contributed by atoms with Crippen molar-refractivity contribution in [3.8, 4) is 0 Å². The molecular weight excluding hydrogens is 477 g/mol. The molecule has 0 radical (unpaired) electrons. The van der Waals surface area contributed by atoms with Gasteiger partial charge >= 0.3 is 5.97 Å². The van der Waals surface area contributed by atoms with E-state index < -0.39 is 5.97 Å². The van der Waals surface area contributed by atoms with Gasteiger partial charge in [-0.2, -0.15) is 0 Å². The average molecular weight is 500 g/mol. The normalized spacial score (nSPS) is 16.0. The summed E-state index contributed by atoms with van der Waals surface area (Å²) in [4.78, 5) is 30.9. The Morgan fingerprint density at radius 3 is 2.58 bits per heavy atom. The highest BCUT2D eigenvalue weighted by Crippen LogP contribution is 2.36. The molecule has 1 aliphatic rings. The number of aliphatic imine (C=N–C) groups is 1. The topological polar surface area (TPSA) is 74.9 Å². The smallest absolute Gasteiger partial charge is 0.335 e. The molecule has 0 aliphatic carbocycles. The van der Waals surface area contributed by atoms with Crippen LogP contribution in [0, 0.1) is 12.7 Å². The van der Waals surface area contributed by atoms with Gasteiger partial charge in [0, 0.05) is 35.8 Å². The number of halogens is 1. The zero-order valence-electron chi connectivity index (χ0n) is 19.6. The molecule has 1 saturated heterocycles. The lowest BCUT2D eigenvalue weighted by atomic mass is 10.1. The molecule has 4 aromatic rings. The molecule has 1 aliphatic heterocycles. The van der Waals surface area contributed by atoms with E-state index in [0.717, 1.165) is 27.7 Å². The second-order valence-corrected chi connectivity index (χ2v) is 9.46. The highest BCUT2D eigenvalue weighted by atomic mass is 32.2. The fraction of sp³-hybridized carbons (Fsp3) is 0.107. The van der Waals surface area contributed by atoms with Crippen LogP contribution in [0.4, 0.5) is 10.1 Å². The van der Waals surface area contributed by atoms with E-state index in [4.69, 9.17) is 0 Å². The van der Waals surface area contributed by atoms with E-state index in [1.54, 1.807) is 31.3 Å². The third-order valence-electron chi connectivity index (χ3n) is 6.13. The first-order valence-electron chi connectivity index (χ1n) is 11.2. The van der Waals surface area contributed by atoms with E-state index in [0.29, 0.717) is 22.3 Å². The number of carbonyl (C=O) groups excluding carboxylic acids is 1. The van der Waals surface area contributed by atoms with Crippen molar-refractivity contribution in [2.24, 2.45) is 4.99 Å². The molecule has 0 unspecified atom stereocenters. The molecule has 0 spiro atoms. The van der Waals surface area contributed by atoms with Crippen LogP contribution >= 0.6 is 11.8 Å². The SMILES string of the molecule is Cc1c(/C=C2/SC(=Nc3cccc(C(=O)O)c3)N(C)C2=O)c2ccccc2n1Cc1ccc(F)cc1. The number of amides is 1. The van der Waals surface area contributed by atoms with E-state index >= 15 is 0 Å². The van der Waals surface area contributed by atoms with Crippen molar-refractivity contribution in [2.75, 3.05) is 7.05 Å². The summed E-state index contributed by atoms with van der Waals surface area (Å²) in [6, 6.07) is 20.7. The number of likely N-dealkylation sites (N-methyl/N-ethyl adjacent to an activating group) is 1. The number of rotatable bonds is 5. The average Bonchev–Trinajstić information content (AvgIpc) is 3.29. The quantitative estimate of drug-likeness (QED) is 0.338. The first-order chi connectivity index (χ1) is 17.3. The van der Waals surface area contributed by atoms with E-state index in [-0.39, 0.29) is 17.3 Å². The first kappa shape index (κ1) is 23.6. The Morgan fingerprint density at radius 2 is 1.83 bits per heavy atom. The van der Waals surface area contributed by atoms with Crippen molar-refractivity contribution in [1.82, 2.24) is 9.47 Å². The maximum absolute atomic E-state index is 13.4. The summed E-state index contributed by atoms with van der Waals surface area (Å²) in [6.07, 6.45) is 1.89. The van der Waals surface area contributed by atoms with Crippen molar-refractivity contribution in [2.45, 2.75) is 13.5 Å². The minimum atomic E-state index is -1.03. The number of hydrogen-bond donors (Lipinski definition) is 1. The lowest BCUT2D eigenvalue weighted by Crippen LogP contribution is -2.23. The van der Waals surface area contributed by atoms with E-state index in [1.807, 2.05) is 37.3 Å². The summed E-state index contributed by atoms with van der Waals surface area (Å²) in [7, 11) is 1.65. The number of carboxylic acid groups (broad SMARTS) is 1. The molecule has 3 aromatic carbocycles. The molecule has 1 aromatic heterocycles. The maximum Gasteiger partial charge on any atom is 0.335 e. The molecule has 1 amide bonds. The van der Waals surface area contributed by atoms with Crippen LogP contribution in [0.5, 0.6) is 0 Å². The monoisotopic (exact) mass is 499 g/mol.